The van der Waals surface area contributed by atoms with Crippen LogP contribution >= 0.6 is 0 Å². The highest BCUT2D eigenvalue weighted by Gasteiger charge is 2.25. The van der Waals surface area contributed by atoms with Crippen LogP contribution in [0.2, 0.25) is 0 Å². The molecule has 1 saturated carbocycles. The van der Waals surface area contributed by atoms with Gasteiger partial charge in [-0.2, -0.15) is 5.10 Å². The maximum Gasteiger partial charge on any atom is 0.267 e. The van der Waals surface area contributed by atoms with E-state index < -0.39 is 0 Å². The molecule has 4 heteroatoms. The number of pyridine rings is 1. The SMILES string of the molecule is O=c1ccc(C2CC2)nn1Cc1ccncc1. The molecule has 0 spiro atoms. The average molecular weight is 227 g/mol. The zero-order valence-electron chi connectivity index (χ0n) is 9.41. The largest absolute Gasteiger partial charge is 0.268 e. The summed E-state index contributed by atoms with van der Waals surface area (Å²) in [5, 5.41) is 4.41. The Morgan fingerprint density at radius 2 is 1.94 bits per heavy atom. The molecule has 0 unspecified atom stereocenters. The molecule has 17 heavy (non-hydrogen) atoms. The van der Waals surface area contributed by atoms with E-state index in [9.17, 15) is 4.79 Å². The lowest BCUT2D eigenvalue weighted by atomic mass is 10.2. The van der Waals surface area contributed by atoms with Crippen molar-refractivity contribution >= 4 is 0 Å². The first-order chi connectivity index (χ1) is 8.33. The van der Waals surface area contributed by atoms with Crippen LogP contribution in [0.4, 0.5) is 0 Å². The van der Waals surface area contributed by atoms with Gasteiger partial charge in [0.15, 0.2) is 0 Å². The predicted octanol–water partition coefficient (Wildman–Crippen LogP) is 1.56. The Bertz CT molecular complexity index is 573. The fourth-order valence-electron chi connectivity index (χ4n) is 1.84. The minimum Gasteiger partial charge on any atom is -0.268 e. The van der Waals surface area contributed by atoms with Crippen LogP contribution in [-0.4, -0.2) is 14.8 Å². The van der Waals surface area contributed by atoms with Gasteiger partial charge in [0, 0.05) is 24.4 Å². The number of aromatic nitrogens is 3. The molecule has 0 amide bonds. The van der Waals surface area contributed by atoms with E-state index in [2.05, 4.69) is 10.1 Å². The number of hydrogen-bond donors (Lipinski definition) is 0. The maximum absolute atomic E-state index is 11.7. The minimum atomic E-state index is -0.0498. The molecule has 1 fully saturated rings. The quantitative estimate of drug-likeness (QED) is 0.799. The molecule has 0 atom stereocenters. The van der Waals surface area contributed by atoms with Gasteiger partial charge < -0.3 is 0 Å². The van der Waals surface area contributed by atoms with E-state index in [0.29, 0.717) is 12.5 Å². The van der Waals surface area contributed by atoms with E-state index in [0.717, 1.165) is 11.3 Å². The topological polar surface area (TPSA) is 47.8 Å². The lowest BCUT2D eigenvalue weighted by molar-refractivity contribution is 0.619. The molecule has 0 bridgehead atoms. The van der Waals surface area contributed by atoms with E-state index in [1.54, 1.807) is 18.5 Å². The highest BCUT2D eigenvalue weighted by Crippen LogP contribution is 2.38. The summed E-state index contributed by atoms with van der Waals surface area (Å²) in [6.45, 7) is 0.516. The summed E-state index contributed by atoms with van der Waals surface area (Å²) in [7, 11) is 0. The molecule has 4 nitrogen and oxygen atoms in total. The van der Waals surface area contributed by atoms with Crippen LogP contribution in [0.15, 0.2) is 41.5 Å². The van der Waals surface area contributed by atoms with Crippen molar-refractivity contribution in [2.45, 2.75) is 25.3 Å². The standard InChI is InChI=1S/C13H13N3O/c17-13-4-3-12(11-1-2-11)15-16(13)9-10-5-7-14-8-6-10/h3-8,11H,1-2,9H2. The lowest BCUT2D eigenvalue weighted by Gasteiger charge is -2.06. The predicted molar refractivity (Wildman–Crippen MR) is 63.8 cm³/mol. The Labute approximate surface area is 98.9 Å². The summed E-state index contributed by atoms with van der Waals surface area (Å²) < 4.78 is 1.53. The van der Waals surface area contributed by atoms with Crippen LogP contribution in [0.5, 0.6) is 0 Å². The molecule has 0 saturated heterocycles. The van der Waals surface area contributed by atoms with Crippen LogP contribution in [0.25, 0.3) is 0 Å². The fraction of sp³-hybridized carbons (Fsp3) is 0.308. The molecule has 0 N–H and O–H groups in total. The summed E-state index contributed by atoms with van der Waals surface area (Å²) in [5.41, 5.74) is 2.03. The molecule has 86 valence electrons. The molecule has 0 radical (unpaired) electrons. The monoisotopic (exact) mass is 227 g/mol. The first-order valence-corrected chi connectivity index (χ1v) is 5.80. The van der Waals surface area contributed by atoms with Gasteiger partial charge >= 0.3 is 0 Å². The number of nitrogens with zero attached hydrogens (tertiary/aromatic N) is 3. The maximum atomic E-state index is 11.7. The first kappa shape index (κ1) is 10.2. The highest BCUT2D eigenvalue weighted by molar-refractivity contribution is 5.14. The van der Waals surface area contributed by atoms with Gasteiger partial charge in [0.05, 0.1) is 12.2 Å². The van der Waals surface area contributed by atoms with Gasteiger partial charge in [0.25, 0.3) is 5.56 Å². The van der Waals surface area contributed by atoms with Crippen molar-refractivity contribution in [3.05, 3.63) is 58.3 Å². The Morgan fingerprint density at radius 3 is 2.65 bits per heavy atom. The zero-order chi connectivity index (χ0) is 11.7. The van der Waals surface area contributed by atoms with Crippen LogP contribution in [0.3, 0.4) is 0 Å². The van der Waals surface area contributed by atoms with Crippen LogP contribution < -0.4 is 5.56 Å². The second kappa shape index (κ2) is 4.13. The van der Waals surface area contributed by atoms with E-state index in [1.807, 2.05) is 18.2 Å². The van der Waals surface area contributed by atoms with E-state index in [-0.39, 0.29) is 5.56 Å². The molecule has 0 aromatic carbocycles. The van der Waals surface area contributed by atoms with Crippen molar-refractivity contribution in [2.75, 3.05) is 0 Å². The van der Waals surface area contributed by atoms with Crippen molar-refractivity contribution in [2.24, 2.45) is 0 Å². The second-order valence-corrected chi connectivity index (χ2v) is 4.38. The Kier molecular flexibility index (Phi) is 2.48. The van der Waals surface area contributed by atoms with Crippen molar-refractivity contribution in [3.8, 4) is 0 Å². The third-order valence-electron chi connectivity index (χ3n) is 2.96. The van der Waals surface area contributed by atoms with Crippen LogP contribution in [0.1, 0.15) is 30.0 Å². The van der Waals surface area contributed by atoms with Gasteiger partial charge in [0.1, 0.15) is 0 Å². The molecular weight excluding hydrogens is 214 g/mol. The highest BCUT2D eigenvalue weighted by atomic mass is 16.1. The summed E-state index contributed by atoms with van der Waals surface area (Å²) in [6, 6.07) is 7.26. The van der Waals surface area contributed by atoms with Gasteiger partial charge in [-0.1, -0.05) is 0 Å². The van der Waals surface area contributed by atoms with Gasteiger partial charge in [0.2, 0.25) is 0 Å². The third kappa shape index (κ3) is 2.25. The molecular formula is C13H13N3O. The van der Waals surface area contributed by atoms with Gasteiger partial charge in [-0.25, -0.2) is 4.68 Å². The van der Waals surface area contributed by atoms with Crippen molar-refractivity contribution in [3.63, 3.8) is 0 Å². The fourth-order valence-corrected chi connectivity index (χ4v) is 1.84. The number of hydrogen-bond acceptors (Lipinski definition) is 3. The molecule has 0 aliphatic heterocycles. The zero-order valence-corrected chi connectivity index (χ0v) is 9.41. The average Bonchev–Trinajstić information content (AvgIpc) is 3.17. The van der Waals surface area contributed by atoms with E-state index in [1.165, 1.54) is 17.5 Å². The molecule has 1 aliphatic carbocycles. The number of rotatable bonds is 3. The molecule has 3 rings (SSSR count). The van der Waals surface area contributed by atoms with Crippen molar-refractivity contribution in [1.29, 1.82) is 0 Å². The summed E-state index contributed by atoms with van der Waals surface area (Å²) in [5.74, 6) is 0.569. The van der Waals surface area contributed by atoms with Crippen molar-refractivity contribution in [1.82, 2.24) is 14.8 Å². The summed E-state index contributed by atoms with van der Waals surface area (Å²) >= 11 is 0. The lowest BCUT2D eigenvalue weighted by Crippen LogP contribution is -2.23. The van der Waals surface area contributed by atoms with Gasteiger partial charge in [-0.3, -0.25) is 9.78 Å². The van der Waals surface area contributed by atoms with Crippen LogP contribution in [0, 0.1) is 0 Å². The molecule has 2 aromatic rings. The van der Waals surface area contributed by atoms with Gasteiger partial charge in [-0.05, 0) is 36.6 Å². The van der Waals surface area contributed by atoms with Gasteiger partial charge in [-0.15, -0.1) is 0 Å². The molecule has 2 aromatic heterocycles. The van der Waals surface area contributed by atoms with E-state index >= 15 is 0 Å². The smallest absolute Gasteiger partial charge is 0.267 e. The Morgan fingerprint density at radius 1 is 1.18 bits per heavy atom. The Hall–Kier alpha value is -1.97. The summed E-state index contributed by atoms with van der Waals surface area (Å²) in [4.78, 5) is 15.7. The van der Waals surface area contributed by atoms with Crippen molar-refractivity contribution < 1.29 is 0 Å². The second-order valence-electron chi connectivity index (χ2n) is 4.38. The van der Waals surface area contributed by atoms with E-state index in [4.69, 9.17) is 0 Å². The van der Waals surface area contributed by atoms with Crippen LogP contribution in [-0.2, 0) is 6.54 Å². The minimum absolute atomic E-state index is 0.0498. The summed E-state index contributed by atoms with van der Waals surface area (Å²) in [6.07, 6.45) is 5.84. The molecule has 1 aliphatic rings. The normalized spacial score (nSPS) is 14.8. The first-order valence-electron chi connectivity index (χ1n) is 5.80. The Balaban J connectivity index is 1.91. The third-order valence-corrected chi connectivity index (χ3v) is 2.96. The molecule has 2 heterocycles.